The van der Waals surface area contributed by atoms with Crippen molar-refractivity contribution in [3.05, 3.63) is 17.7 Å². The summed E-state index contributed by atoms with van der Waals surface area (Å²) in [5.41, 5.74) is 10.7. The maximum Gasteiger partial charge on any atom is 0.308 e. The van der Waals surface area contributed by atoms with Gasteiger partial charge >= 0.3 is 5.97 Å². The van der Waals surface area contributed by atoms with Crippen LogP contribution in [0, 0.1) is 0 Å². The van der Waals surface area contributed by atoms with Crippen molar-refractivity contribution in [2.24, 2.45) is 21.7 Å². The molecule has 0 atom stereocenters. The van der Waals surface area contributed by atoms with Gasteiger partial charge in [-0.15, -0.1) is 5.10 Å². The van der Waals surface area contributed by atoms with Crippen molar-refractivity contribution < 1.29 is 19.0 Å². The van der Waals surface area contributed by atoms with Crippen molar-refractivity contribution in [2.45, 2.75) is 6.92 Å². The van der Waals surface area contributed by atoms with Crippen LogP contribution in [0.5, 0.6) is 17.2 Å². The lowest BCUT2D eigenvalue weighted by Gasteiger charge is -2.12. The smallest absolute Gasteiger partial charge is 0.308 e. The summed E-state index contributed by atoms with van der Waals surface area (Å²) >= 11 is 0. The normalized spacial score (nSPS) is 10.2. The van der Waals surface area contributed by atoms with Gasteiger partial charge in [0.05, 0.1) is 26.0 Å². The van der Waals surface area contributed by atoms with Gasteiger partial charge in [-0.05, 0) is 0 Å². The lowest BCUT2D eigenvalue weighted by Crippen LogP contribution is -2.21. The van der Waals surface area contributed by atoms with Crippen LogP contribution in [0.15, 0.2) is 22.3 Å². The number of benzene rings is 1. The second-order valence-electron chi connectivity index (χ2n) is 3.60. The van der Waals surface area contributed by atoms with Gasteiger partial charge in [0.15, 0.2) is 0 Å². The van der Waals surface area contributed by atoms with Crippen molar-refractivity contribution in [2.75, 3.05) is 14.2 Å². The molecule has 0 saturated carbocycles. The molecule has 1 aromatic rings. The third-order valence-electron chi connectivity index (χ3n) is 2.15. The highest BCUT2D eigenvalue weighted by Crippen LogP contribution is 2.33. The number of hydrogen-bond donors (Lipinski definition) is 2. The highest BCUT2D eigenvalue weighted by molar-refractivity contribution is 5.90. The number of nitrogens with zero attached hydrogens (tertiary/aromatic N) is 2. The Morgan fingerprint density at radius 1 is 1.20 bits per heavy atom. The van der Waals surface area contributed by atoms with E-state index in [0.717, 1.165) is 0 Å². The molecule has 0 bridgehead atoms. The minimum Gasteiger partial charge on any atom is -0.496 e. The summed E-state index contributed by atoms with van der Waals surface area (Å²) < 4.78 is 15.4. The van der Waals surface area contributed by atoms with E-state index in [9.17, 15) is 4.79 Å². The summed E-state index contributed by atoms with van der Waals surface area (Å²) in [4.78, 5) is 11.1. The van der Waals surface area contributed by atoms with Crippen LogP contribution < -0.4 is 25.7 Å². The largest absolute Gasteiger partial charge is 0.496 e. The van der Waals surface area contributed by atoms with E-state index in [1.165, 1.54) is 33.4 Å². The zero-order chi connectivity index (χ0) is 15.1. The van der Waals surface area contributed by atoms with Gasteiger partial charge in [0.25, 0.3) is 0 Å². The van der Waals surface area contributed by atoms with E-state index < -0.39 is 5.97 Å². The predicted molar refractivity (Wildman–Crippen MR) is 74.3 cm³/mol. The fourth-order valence-electron chi connectivity index (χ4n) is 1.38. The standard InChI is InChI=1S/C12H16N4O4/c1-7(17)20-11-5-8(18-2)4-10(19-3)9(11)6-15-16-12(13)14/h4-6H,1-3H3,(H4,13,14,16). The molecule has 8 nitrogen and oxygen atoms in total. The van der Waals surface area contributed by atoms with Crippen LogP contribution in [0.2, 0.25) is 0 Å². The first kappa shape index (κ1) is 15.3. The molecule has 0 unspecified atom stereocenters. The van der Waals surface area contributed by atoms with Crippen LogP contribution in [0.4, 0.5) is 0 Å². The molecule has 0 aliphatic rings. The number of hydrogen-bond acceptors (Lipinski definition) is 6. The fraction of sp³-hybridized carbons (Fsp3) is 0.250. The van der Waals surface area contributed by atoms with Gasteiger partial charge in [0, 0.05) is 19.1 Å². The van der Waals surface area contributed by atoms with E-state index in [1.807, 2.05) is 0 Å². The molecular formula is C12H16N4O4. The topological polar surface area (TPSA) is 122 Å². The number of esters is 1. The number of carbonyl (C=O) groups excluding carboxylic acids is 1. The summed E-state index contributed by atoms with van der Waals surface area (Å²) in [5, 5.41) is 7.15. The second kappa shape index (κ2) is 6.98. The van der Waals surface area contributed by atoms with Crippen molar-refractivity contribution >= 4 is 18.1 Å². The zero-order valence-corrected chi connectivity index (χ0v) is 11.4. The van der Waals surface area contributed by atoms with Crippen molar-refractivity contribution in [3.63, 3.8) is 0 Å². The average molecular weight is 280 g/mol. The molecule has 0 aliphatic carbocycles. The van der Waals surface area contributed by atoms with Crippen LogP contribution in [-0.4, -0.2) is 32.4 Å². The summed E-state index contributed by atoms with van der Waals surface area (Å²) in [5.74, 6) is 0.412. The van der Waals surface area contributed by atoms with Crippen LogP contribution in [0.1, 0.15) is 12.5 Å². The molecule has 108 valence electrons. The Labute approximate surface area is 116 Å². The molecule has 1 rings (SSSR count). The quantitative estimate of drug-likeness (QED) is 0.262. The van der Waals surface area contributed by atoms with Crippen LogP contribution >= 0.6 is 0 Å². The maximum absolute atomic E-state index is 11.1. The Morgan fingerprint density at radius 2 is 1.85 bits per heavy atom. The van der Waals surface area contributed by atoms with Crippen LogP contribution in [-0.2, 0) is 4.79 Å². The fourth-order valence-corrected chi connectivity index (χ4v) is 1.38. The summed E-state index contributed by atoms with van der Waals surface area (Å²) in [6, 6.07) is 3.14. The van der Waals surface area contributed by atoms with Gasteiger partial charge in [-0.25, -0.2) is 0 Å². The molecule has 0 saturated heterocycles. The minimum atomic E-state index is -0.489. The SMILES string of the molecule is COc1cc(OC)c(C=NN=C(N)N)c(OC(C)=O)c1. The lowest BCUT2D eigenvalue weighted by molar-refractivity contribution is -0.131. The van der Waals surface area contributed by atoms with Crippen molar-refractivity contribution in [1.82, 2.24) is 0 Å². The average Bonchev–Trinajstić information content (AvgIpc) is 2.38. The molecule has 4 N–H and O–H groups in total. The summed E-state index contributed by atoms with van der Waals surface area (Å²) in [6.45, 7) is 1.28. The third-order valence-corrected chi connectivity index (χ3v) is 2.15. The van der Waals surface area contributed by atoms with Crippen molar-refractivity contribution in [1.29, 1.82) is 0 Å². The van der Waals surface area contributed by atoms with Gasteiger partial charge in [0.2, 0.25) is 5.96 Å². The number of rotatable bonds is 5. The molecule has 0 fully saturated rings. The molecule has 0 aliphatic heterocycles. The highest BCUT2D eigenvalue weighted by atomic mass is 16.5. The Bertz CT molecular complexity index is 551. The van der Waals surface area contributed by atoms with Gasteiger partial charge < -0.3 is 25.7 Å². The number of methoxy groups -OCH3 is 2. The highest BCUT2D eigenvalue weighted by Gasteiger charge is 2.13. The molecular weight excluding hydrogens is 264 g/mol. The summed E-state index contributed by atoms with van der Waals surface area (Å²) in [6.07, 6.45) is 1.32. The Kier molecular flexibility index (Phi) is 5.33. The maximum atomic E-state index is 11.1. The third kappa shape index (κ3) is 4.16. The predicted octanol–water partition coefficient (Wildman–Crippen LogP) is 0.236. The van der Waals surface area contributed by atoms with E-state index >= 15 is 0 Å². The number of nitrogens with two attached hydrogens (primary N) is 2. The van der Waals surface area contributed by atoms with Crippen LogP contribution in [0.3, 0.4) is 0 Å². The molecule has 0 radical (unpaired) electrons. The van der Waals surface area contributed by atoms with Gasteiger partial charge in [0.1, 0.15) is 17.2 Å². The first-order valence-electron chi connectivity index (χ1n) is 5.54. The van der Waals surface area contributed by atoms with E-state index in [1.54, 1.807) is 6.07 Å². The molecule has 0 spiro atoms. The molecule has 1 aromatic carbocycles. The lowest BCUT2D eigenvalue weighted by atomic mass is 10.2. The summed E-state index contributed by atoms with van der Waals surface area (Å²) in [7, 11) is 2.95. The van der Waals surface area contributed by atoms with Gasteiger partial charge in [-0.3, -0.25) is 4.79 Å². The first-order valence-corrected chi connectivity index (χ1v) is 5.54. The van der Waals surface area contributed by atoms with Gasteiger partial charge in [-0.2, -0.15) is 5.10 Å². The monoisotopic (exact) mass is 280 g/mol. The molecule has 8 heteroatoms. The molecule has 0 amide bonds. The number of guanidine groups is 1. The zero-order valence-electron chi connectivity index (χ0n) is 11.4. The van der Waals surface area contributed by atoms with Gasteiger partial charge in [-0.1, -0.05) is 0 Å². The van der Waals surface area contributed by atoms with Crippen molar-refractivity contribution in [3.8, 4) is 17.2 Å². The van der Waals surface area contributed by atoms with Crippen LogP contribution in [0.25, 0.3) is 0 Å². The number of ether oxygens (including phenoxy) is 3. The molecule has 20 heavy (non-hydrogen) atoms. The number of carbonyl (C=O) groups is 1. The minimum absolute atomic E-state index is 0.192. The molecule has 0 heterocycles. The van der Waals surface area contributed by atoms with E-state index in [-0.39, 0.29) is 11.7 Å². The van der Waals surface area contributed by atoms with E-state index in [4.69, 9.17) is 25.7 Å². The second-order valence-corrected chi connectivity index (χ2v) is 3.60. The Morgan fingerprint density at radius 3 is 2.35 bits per heavy atom. The molecule has 0 aromatic heterocycles. The Hall–Kier alpha value is -2.77. The first-order chi connectivity index (χ1) is 9.47. The Balaban J connectivity index is 3.32. The van der Waals surface area contributed by atoms with E-state index in [0.29, 0.717) is 17.1 Å². The van der Waals surface area contributed by atoms with E-state index in [2.05, 4.69) is 10.2 Å².